The molecule has 1 aromatic rings. The molecule has 1 saturated heterocycles. The van der Waals surface area contributed by atoms with Crippen LogP contribution in [0.4, 0.5) is 0 Å². The minimum Gasteiger partial charge on any atom is -0.368 e. The van der Waals surface area contributed by atoms with E-state index in [0.29, 0.717) is 6.42 Å². The van der Waals surface area contributed by atoms with Crippen LogP contribution in [0.25, 0.3) is 0 Å². The molecule has 1 N–H and O–H groups in total. The fraction of sp³-hybridized carbons (Fsp3) is 0.500. The highest BCUT2D eigenvalue weighted by Crippen LogP contribution is 2.25. The summed E-state index contributed by atoms with van der Waals surface area (Å²) in [7, 11) is -3.55. The fourth-order valence-electron chi connectivity index (χ4n) is 2.47. The molecule has 1 aromatic carbocycles. The van der Waals surface area contributed by atoms with Gasteiger partial charge in [0.05, 0.1) is 12.4 Å². The van der Waals surface area contributed by atoms with Gasteiger partial charge >= 0.3 is 0 Å². The lowest BCUT2D eigenvalue weighted by atomic mass is 10.1. The smallest absolute Gasteiger partial charge is 0.264 e. The van der Waals surface area contributed by atoms with Gasteiger partial charge in [-0.1, -0.05) is 42.5 Å². The Bertz CT molecular complexity index is 582. The van der Waals surface area contributed by atoms with E-state index >= 15 is 0 Å². The number of aryl methyl sites for hydroxylation is 1. The van der Waals surface area contributed by atoms with Crippen LogP contribution in [0.5, 0.6) is 0 Å². The molecule has 0 radical (unpaired) electrons. The Kier molecular flexibility index (Phi) is 6.14. The van der Waals surface area contributed by atoms with Crippen molar-refractivity contribution in [3.8, 4) is 0 Å². The zero-order valence-corrected chi connectivity index (χ0v) is 13.4. The van der Waals surface area contributed by atoms with Crippen LogP contribution in [-0.4, -0.2) is 38.3 Å². The molecule has 0 saturated carbocycles. The molecule has 122 valence electrons. The molecule has 3 atom stereocenters. The Hall–Kier alpha value is -1.21. The van der Waals surface area contributed by atoms with E-state index in [2.05, 4.69) is 12.1 Å². The third-order valence-corrected chi connectivity index (χ3v) is 4.05. The molecule has 1 heterocycles. The maximum Gasteiger partial charge on any atom is 0.264 e. The van der Waals surface area contributed by atoms with Gasteiger partial charge in [-0.15, -0.1) is 0 Å². The lowest BCUT2D eigenvalue weighted by Crippen LogP contribution is -2.26. The van der Waals surface area contributed by atoms with Crippen molar-refractivity contribution in [2.24, 2.45) is 0 Å². The third-order valence-electron chi connectivity index (χ3n) is 3.46. The van der Waals surface area contributed by atoms with Crippen LogP contribution >= 0.6 is 0 Å². The topological polar surface area (TPSA) is 72.8 Å². The first kappa shape index (κ1) is 17.1. The first-order chi connectivity index (χ1) is 10.4. The number of aliphatic hydroxyl groups is 1. The highest BCUT2D eigenvalue weighted by Gasteiger charge is 2.36. The maximum absolute atomic E-state index is 11.2. The number of allylic oxidation sites excluding steroid dienone is 1. The van der Waals surface area contributed by atoms with Crippen LogP contribution < -0.4 is 0 Å². The number of benzene rings is 1. The molecule has 22 heavy (non-hydrogen) atoms. The van der Waals surface area contributed by atoms with Crippen LogP contribution in [-0.2, 0) is 25.5 Å². The second-order valence-electron chi connectivity index (χ2n) is 5.44. The van der Waals surface area contributed by atoms with Crippen molar-refractivity contribution in [1.29, 1.82) is 0 Å². The van der Waals surface area contributed by atoms with Gasteiger partial charge in [0.2, 0.25) is 0 Å². The van der Waals surface area contributed by atoms with Crippen LogP contribution in [0.2, 0.25) is 0 Å². The monoisotopic (exact) mass is 326 g/mol. The first-order valence-electron chi connectivity index (χ1n) is 7.35. The molecule has 0 spiro atoms. The predicted molar refractivity (Wildman–Crippen MR) is 83.7 cm³/mol. The van der Waals surface area contributed by atoms with Gasteiger partial charge in [0.15, 0.2) is 6.29 Å². The van der Waals surface area contributed by atoms with E-state index in [1.807, 2.05) is 30.4 Å². The molecule has 2 rings (SSSR count). The molecular formula is C16H22O5S. The molecule has 1 fully saturated rings. The number of rotatable bonds is 7. The minimum absolute atomic E-state index is 0.176. The fourth-order valence-corrected chi connectivity index (χ4v) is 3.12. The average Bonchev–Trinajstić information content (AvgIpc) is 2.77. The molecule has 0 bridgehead atoms. The number of ether oxygens (including phenoxy) is 1. The van der Waals surface area contributed by atoms with Crippen LogP contribution in [0.1, 0.15) is 24.8 Å². The number of aliphatic hydroxyl groups excluding tert-OH is 1. The second-order valence-corrected chi connectivity index (χ2v) is 7.04. The largest absolute Gasteiger partial charge is 0.368 e. The molecule has 1 aliphatic heterocycles. The SMILES string of the molecule is CS(=O)(=O)O[C@@H]1CC(O)O[C@H]1C/C=C\CCc1ccccc1. The van der Waals surface area contributed by atoms with E-state index in [-0.39, 0.29) is 6.42 Å². The van der Waals surface area contributed by atoms with Crippen molar-refractivity contribution in [3.63, 3.8) is 0 Å². The lowest BCUT2D eigenvalue weighted by molar-refractivity contribution is -0.0925. The van der Waals surface area contributed by atoms with Crippen LogP contribution in [0.15, 0.2) is 42.5 Å². The second kappa shape index (κ2) is 7.87. The van der Waals surface area contributed by atoms with E-state index in [4.69, 9.17) is 8.92 Å². The summed E-state index contributed by atoms with van der Waals surface area (Å²) in [6, 6.07) is 10.2. The Morgan fingerprint density at radius 1 is 1.32 bits per heavy atom. The molecule has 0 amide bonds. The molecule has 0 aliphatic carbocycles. The summed E-state index contributed by atoms with van der Waals surface area (Å²) >= 11 is 0. The van der Waals surface area contributed by atoms with Crippen molar-refractivity contribution in [2.75, 3.05) is 6.26 Å². The van der Waals surface area contributed by atoms with Crippen molar-refractivity contribution in [3.05, 3.63) is 48.0 Å². The third kappa shape index (κ3) is 5.88. The predicted octanol–water partition coefficient (Wildman–Crippen LogP) is 2.02. The van der Waals surface area contributed by atoms with E-state index in [1.165, 1.54) is 5.56 Å². The average molecular weight is 326 g/mol. The van der Waals surface area contributed by atoms with E-state index in [0.717, 1.165) is 19.1 Å². The summed E-state index contributed by atoms with van der Waals surface area (Å²) in [5, 5.41) is 9.50. The molecule has 6 heteroatoms. The van der Waals surface area contributed by atoms with Gasteiger partial charge in [0, 0.05) is 6.42 Å². The first-order valence-corrected chi connectivity index (χ1v) is 9.16. The minimum atomic E-state index is -3.55. The quantitative estimate of drug-likeness (QED) is 0.613. The van der Waals surface area contributed by atoms with Gasteiger partial charge in [-0.05, 0) is 24.8 Å². The van der Waals surface area contributed by atoms with E-state index in [9.17, 15) is 13.5 Å². The number of hydrogen-bond donors (Lipinski definition) is 1. The number of hydrogen-bond acceptors (Lipinski definition) is 5. The Balaban J connectivity index is 1.78. The Morgan fingerprint density at radius 2 is 2.05 bits per heavy atom. The van der Waals surface area contributed by atoms with E-state index in [1.54, 1.807) is 0 Å². The van der Waals surface area contributed by atoms with Crippen molar-refractivity contribution >= 4 is 10.1 Å². The Labute approximate surface area is 131 Å². The van der Waals surface area contributed by atoms with Gasteiger partial charge in [-0.3, -0.25) is 4.18 Å². The standard InChI is InChI=1S/C16H22O5S/c1-22(18,19)21-15-12-16(17)20-14(15)11-7-3-6-10-13-8-4-2-5-9-13/h2-5,7-9,14-17H,6,10-12H2,1H3/b7-3-/t14-,15+,16?/m0/s1. The molecule has 5 nitrogen and oxygen atoms in total. The van der Waals surface area contributed by atoms with E-state index < -0.39 is 28.6 Å². The van der Waals surface area contributed by atoms with Gasteiger partial charge < -0.3 is 9.84 Å². The van der Waals surface area contributed by atoms with Crippen LogP contribution in [0, 0.1) is 0 Å². The van der Waals surface area contributed by atoms with Gasteiger partial charge in [-0.2, -0.15) is 8.42 Å². The normalized spacial score (nSPS) is 25.8. The zero-order chi connectivity index (χ0) is 16.0. The highest BCUT2D eigenvalue weighted by molar-refractivity contribution is 7.86. The highest BCUT2D eigenvalue weighted by atomic mass is 32.2. The van der Waals surface area contributed by atoms with Crippen LogP contribution in [0.3, 0.4) is 0 Å². The van der Waals surface area contributed by atoms with Gasteiger partial charge in [-0.25, -0.2) is 0 Å². The summed E-state index contributed by atoms with van der Waals surface area (Å²) in [6.45, 7) is 0. The zero-order valence-electron chi connectivity index (χ0n) is 12.6. The summed E-state index contributed by atoms with van der Waals surface area (Å²) in [6.07, 6.45) is 5.52. The van der Waals surface area contributed by atoms with Crippen molar-refractivity contribution < 1.29 is 22.4 Å². The molecule has 0 aromatic heterocycles. The molecule has 1 unspecified atom stereocenters. The maximum atomic E-state index is 11.2. The lowest BCUT2D eigenvalue weighted by Gasteiger charge is -2.15. The summed E-state index contributed by atoms with van der Waals surface area (Å²) in [4.78, 5) is 0. The van der Waals surface area contributed by atoms with Gasteiger partial charge in [0.25, 0.3) is 10.1 Å². The summed E-state index contributed by atoms with van der Waals surface area (Å²) < 4.78 is 32.7. The summed E-state index contributed by atoms with van der Waals surface area (Å²) in [5.41, 5.74) is 1.28. The summed E-state index contributed by atoms with van der Waals surface area (Å²) in [5.74, 6) is 0. The molecule has 1 aliphatic rings. The molecular weight excluding hydrogens is 304 g/mol. The van der Waals surface area contributed by atoms with Gasteiger partial charge in [0.1, 0.15) is 6.10 Å². The van der Waals surface area contributed by atoms with Crippen molar-refractivity contribution in [1.82, 2.24) is 0 Å². The van der Waals surface area contributed by atoms with Crippen molar-refractivity contribution in [2.45, 2.75) is 44.2 Å². The Morgan fingerprint density at radius 3 is 2.73 bits per heavy atom.